The summed E-state index contributed by atoms with van der Waals surface area (Å²) in [6.07, 6.45) is 35.8. The van der Waals surface area contributed by atoms with E-state index in [1.165, 1.54) is 135 Å². The summed E-state index contributed by atoms with van der Waals surface area (Å²) in [5, 5.41) is 0. The average molecular weight is 413 g/mol. The van der Waals surface area contributed by atoms with Crippen molar-refractivity contribution in [1.82, 2.24) is 0 Å². The summed E-state index contributed by atoms with van der Waals surface area (Å²) < 4.78 is 0. The van der Waals surface area contributed by atoms with Crippen LogP contribution in [0.1, 0.15) is 156 Å². The molecule has 0 spiro atoms. The Morgan fingerprint density at radius 3 is 0.750 bits per heavy atom. The van der Waals surface area contributed by atoms with Crippen molar-refractivity contribution in [1.29, 1.82) is 0 Å². The van der Waals surface area contributed by atoms with Gasteiger partial charge in [0.05, 0.1) is 0 Å². The van der Waals surface area contributed by atoms with Crippen molar-refractivity contribution in [3.63, 3.8) is 0 Å². The standard InChI is InChI=1S/C27H57P/c1-4-7-10-13-16-19-22-25-28(26-23-20-17-14-11-8-5-2)27-24-21-18-15-12-9-6-3/h4-27H2,1-3H3. The predicted octanol–water partition coefficient (Wildman–Crippen LogP) is 10.7. The van der Waals surface area contributed by atoms with Gasteiger partial charge in [0.15, 0.2) is 0 Å². The van der Waals surface area contributed by atoms with E-state index in [-0.39, 0.29) is 0 Å². The summed E-state index contributed by atoms with van der Waals surface area (Å²) >= 11 is 0. The molecule has 0 aliphatic rings. The van der Waals surface area contributed by atoms with E-state index in [0.29, 0.717) is 7.92 Å². The van der Waals surface area contributed by atoms with Gasteiger partial charge in [-0.1, -0.05) is 136 Å². The molecule has 0 saturated carbocycles. The predicted molar refractivity (Wildman–Crippen MR) is 136 cm³/mol. The van der Waals surface area contributed by atoms with Crippen molar-refractivity contribution in [2.75, 3.05) is 18.5 Å². The molecule has 0 fully saturated rings. The molecule has 0 unspecified atom stereocenters. The van der Waals surface area contributed by atoms with Crippen molar-refractivity contribution < 1.29 is 0 Å². The lowest BCUT2D eigenvalue weighted by molar-refractivity contribution is 0.597. The zero-order valence-corrected chi connectivity index (χ0v) is 21.3. The van der Waals surface area contributed by atoms with Crippen LogP contribution in [0.15, 0.2) is 0 Å². The van der Waals surface area contributed by atoms with Gasteiger partial charge in [-0.2, -0.15) is 0 Å². The van der Waals surface area contributed by atoms with Gasteiger partial charge >= 0.3 is 0 Å². The van der Waals surface area contributed by atoms with Gasteiger partial charge in [-0.15, -0.1) is 7.92 Å². The number of rotatable bonds is 24. The lowest BCUT2D eigenvalue weighted by Gasteiger charge is -2.18. The first kappa shape index (κ1) is 28.4. The normalized spacial score (nSPS) is 11.6. The fraction of sp³-hybridized carbons (Fsp3) is 1.00. The lowest BCUT2D eigenvalue weighted by Crippen LogP contribution is -1.97. The first-order valence-corrected chi connectivity index (χ1v) is 15.5. The van der Waals surface area contributed by atoms with Crippen LogP contribution in [0.25, 0.3) is 0 Å². The van der Waals surface area contributed by atoms with Gasteiger partial charge in [-0.25, -0.2) is 0 Å². The van der Waals surface area contributed by atoms with E-state index in [4.69, 9.17) is 0 Å². The molecule has 0 rings (SSSR count). The molecule has 0 aromatic carbocycles. The van der Waals surface area contributed by atoms with E-state index in [1.807, 2.05) is 0 Å². The Balaban J connectivity index is 3.80. The highest BCUT2D eigenvalue weighted by atomic mass is 31.1. The SMILES string of the molecule is CCCCCCCCCP(CCCCCCCCC)CCCCCCCCC. The quantitative estimate of drug-likeness (QED) is 0.109. The molecule has 0 aromatic rings. The fourth-order valence-electron chi connectivity index (χ4n) is 4.21. The summed E-state index contributed by atoms with van der Waals surface area (Å²) in [6, 6.07) is 0. The third kappa shape index (κ3) is 22.7. The highest BCUT2D eigenvalue weighted by Gasteiger charge is 2.08. The van der Waals surface area contributed by atoms with Crippen LogP contribution >= 0.6 is 7.92 Å². The average Bonchev–Trinajstić information content (AvgIpc) is 2.71. The van der Waals surface area contributed by atoms with Crippen molar-refractivity contribution in [3.05, 3.63) is 0 Å². The second kappa shape index (κ2) is 25.5. The third-order valence-corrected chi connectivity index (χ3v) is 9.08. The molecular weight excluding hydrogens is 355 g/mol. The molecule has 0 saturated heterocycles. The second-order valence-electron chi connectivity index (χ2n) is 9.21. The maximum absolute atomic E-state index is 2.32. The fourth-order valence-corrected chi connectivity index (χ4v) is 6.90. The molecule has 0 aromatic heterocycles. The number of hydrogen-bond donors (Lipinski definition) is 0. The van der Waals surface area contributed by atoms with E-state index < -0.39 is 0 Å². The monoisotopic (exact) mass is 412 g/mol. The first-order valence-electron chi connectivity index (χ1n) is 13.6. The smallest absolute Gasteiger partial charge is 0.0326 e. The van der Waals surface area contributed by atoms with Crippen LogP contribution in [-0.4, -0.2) is 18.5 Å². The van der Waals surface area contributed by atoms with Gasteiger partial charge in [0.2, 0.25) is 0 Å². The van der Waals surface area contributed by atoms with E-state index in [2.05, 4.69) is 20.8 Å². The molecule has 170 valence electrons. The summed E-state index contributed by atoms with van der Waals surface area (Å²) in [5.41, 5.74) is 0. The number of unbranched alkanes of at least 4 members (excludes halogenated alkanes) is 18. The van der Waals surface area contributed by atoms with Crippen molar-refractivity contribution in [2.45, 2.75) is 156 Å². The van der Waals surface area contributed by atoms with Gasteiger partial charge in [0.1, 0.15) is 0 Å². The van der Waals surface area contributed by atoms with E-state index in [1.54, 1.807) is 18.5 Å². The summed E-state index contributed by atoms with van der Waals surface area (Å²) in [5.74, 6) is 0. The molecule has 0 atom stereocenters. The van der Waals surface area contributed by atoms with E-state index in [9.17, 15) is 0 Å². The van der Waals surface area contributed by atoms with Crippen LogP contribution in [0.5, 0.6) is 0 Å². The second-order valence-corrected chi connectivity index (χ2v) is 11.9. The van der Waals surface area contributed by atoms with E-state index in [0.717, 1.165) is 0 Å². The minimum atomic E-state index is 0.357. The van der Waals surface area contributed by atoms with Crippen molar-refractivity contribution in [2.24, 2.45) is 0 Å². The van der Waals surface area contributed by atoms with Crippen LogP contribution in [0, 0.1) is 0 Å². The Morgan fingerprint density at radius 1 is 0.286 bits per heavy atom. The lowest BCUT2D eigenvalue weighted by atomic mass is 10.1. The Kier molecular flexibility index (Phi) is 25.9. The van der Waals surface area contributed by atoms with Crippen LogP contribution in [0.3, 0.4) is 0 Å². The largest absolute Gasteiger partial charge is 0.107 e. The minimum Gasteiger partial charge on any atom is -0.107 e. The number of hydrogen-bond acceptors (Lipinski definition) is 0. The topological polar surface area (TPSA) is 0 Å². The maximum Gasteiger partial charge on any atom is -0.0326 e. The minimum absolute atomic E-state index is 0.357. The Hall–Kier alpha value is 0.430. The Bertz CT molecular complexity index is 220. The summed E-state index contributed by atoms with van der Waals surface area (Å²) in [7, 11) is 0.357. The Labute approximate surface area is 182 Å². The van der Waals surface area contributed by atoms with E-state index >= 15 is 0 Å². The molecule has 0 heterocycles. The Morgan fingerprint density at radius 2 is 0.500 bits per heavy atom. The highest BCUT2D eigenvalue weighted by Crippen LogP contribution is 2.39. The van der Waals surface area contributed by atoms with Gasteiger partial charge in [0.25, 0.3) is 0 Å². The molecule has 0 N–H and O–H groups in total. The zero-order valence-electron chi connectivity index (χ0n) is 20.4. The maximum atomic E-state index is 2.32. The van der Waals surface area contributed by atoms with Crippen LogP contribution in [-0.2, 0) is 0 Å². The molecule has 0 bridgehead atoms. The molecule has 0 aliphatic carbocycles. The summed E-state index contributed by atoms with van der Waals surface area (Å²) in [4.78, 5) is 0. The zero-order chi connectivity index (χ0) is 20.5. The van der Waals surface area contributed by atoms with Crippen LogP contribution in [0.2, 0.25) is 0 Å². The first-order chi connectivity index (χ1) is 13.8. The van der Waals surface area contributed by atoms with Crippen molar-refractivity contribution in [3.8, 4) is 0 Å². The van der Waals surface area contributed by atoms with Crippen LogP contribution < -0.4 is 0 Å². The third-order valence-electron chi connectivity index (χ3n) is 6.23. The van der Waals surface area contributed by atoms with Gasteiger partial charge in [0, 0.05) is 0 Å². The molecule has 0 aliphatic heterocycles. The summed E-state index contributed by atoms with van der Waals surface area (Å²) in [6.45, 7) is 6.96. The van der Waals surface area contributed by atoms with Gasteiger partial charge in [-0.3, -0.25) is 0 Å². The molecule has 0 radical (unpaired) electrons. The van der Waals surface area contributed by atoms with Crippen LogP contribution in [0.4, 0.5) is 0 Å². The van der Waals surface area contributed by atoms with Gasteiger partial charge < -0.3 is 0 Å². The molecule has 0 nitrogen and oxygen atoms in total. The molecule has 1 heteroatoms. The highest BCUT2D eigenvalue weighted by molar-refractivity contribution is 7.57. The molecular formula is C27H57P. The molecule has 0 amide bonds. The van der Waals surface area contributed by atoms with Gasteiger partial charge in [-0.05, 0) is 37.7 Å². The molecule has 28 heavy (non-hydrogen) atoms. The van der Waals surface area contributed by atoms with Crippen molar-refractivity contribution >= 4 is 7.92 Å².